The lowest BCUT2D eigenvalue weighted by atomic mass is 10.1. The highest BCUT2D eigenvalue weighted by Crippen LogP contribution is 2.23. The highest BCUT2D eigenvalue weighted by molar-refractivity contribution is 5.77. The van der Waals surface area contributed by atoms with Crippen LogP contribution in [0.1, 0.15) is 29.8 Å². The number of H-pyrrole nitrogens is 1. The number of furan rings is 1. The molecule has 0 radical (unpaired) electrons. The summed E-state index contributed by atoms with van der Waals surface area (Å²) >= 11 is 0. The van der Waals surface area contributed by atoms with E-state index in [0.717, 1.165) is 30.3 Å². The van der Waals surface area contributed by atoms with Crippen molar-refractivity contribution >= 4 is 16.9 Å². The SMILES string of the molecule is Cc1ccc(C(CNC(=O)CCc2nc3c(cnn3-c3ccccc3)c(=O)[nH]2)N2CCOCC2)o1. The molecule has 1 aromatic carbocycles. The molecule has 0 saturated carbocycles. The first-order chi connectivity index (χ1) is 17.1. The van der Waals surface area contributed by atoms with Gasteiger partial charge in [-0.3, -0.25) is 14.5 Å². The number of amides is 1. The minimum absolute atomic E-state index is 0.0638. The van der Waals surface area contributed by atoms with E-state index < -0.39 is 0 Å². The topological polar surface area (TPSA) is 118 Å². The number of aryl methyl sites for hydroxylation is 2. The van der Waals surface area contributed by atoms with Gasteiger partial charge in [-0.1, -0.05) is 18.2 Å². The summed E-state index contributed by atoms with van der Waals surface area (Å²) in [7, 11) is 0. The minimum Gasteiger partial charge on any atom is -0.465 e. The van der Waals surface area contributed by atoms with Crippen molar-refractivity contribution in [2.24, 2.45) is 0 Å². The summed E-state index contributed by atoms with van der Waals surface area (Å²) in [5.41, 5.74) is 1.01. The Balaban J connectivity index is 1.25. The van der Waals surface area contributed by atoms with Gasteiger partial charge in [0.1, 0.15) is 22.7 Å². The van der Waals surface area contributed by atoms with Crippen molar-refractivity contribution in [3.05, 3.63) is 76.4 Å². The number of carbonyl (C=O) groups is 1. The zero-order chi connectivity index (χ0) is 24.2. The van der Waals surface area contributed by atoms with Crippen LogP contribution >= 0.6 is 0 Å². The van der Waals surface area contributed by atoms with Gasteiger partial charge in [-0.2, -0.15) is 5.10 Å². The van der Waals surface area contributed by atoms with Crippen molar-refractivity contribution in [2.75, 3.05) is 32.8 Å². The van der Waals surface area contributed by atoms with Gasteiger partial charge < -0.3 is 19.5 Å². The number of ether oxygens (including phenoxy) is 1. The lowest BCUT2D eigenvalue weighted by Gasteiger charge is -2.33. The predicted molar refractivity (Wildman–Crippen MR) is 129 cm³/mol. The summed E-state index contributed by atoms with van der Waals surface area (Å²) in [5, 5.41) is 7.75. The molecule has 182 valence electrons. The molecule has 1 amide bonds. The van der Waals surface area contributed by atoms with E-state index in [2.05, 4.69) is 25.3 Å². The fraction of sp³-hybridized carbons (Fsp3) is 0.360. The number of aromatic amines is 1. The molecule has 4 aromatic rings. The van der Waals surface area contributed by atoms with E-state index >= 15 is 0 Å². The van der Waals surface area contributed by atoms with Crippen LogP contribution in [0.15, 0.2) is 57.9 Å². The lowest BCUT2D eigenvalue weighted by Crippen LogP contribution is -2.43. The lowest BCUT2D eigenvalue weighted by molar-refractivity contribution is -0.121. The highest BCUT2D eigenvalue weighted by atomic mass is 16.5. The zero-order valence-electron chi connectivity index (χ0n) is 19.6. The molecule has 1 fully saturated rings. The number of rotatable bonds is 8. The maximum absolute atomic E-state index is 12.7. The van der Waals surface area contributed by atoms with Crippen LogP contribution in [0.4, 0.5) is 0 Å². The summed E-state index contributed by atoms with van der Waals surface area (Å²) in [6, 6.07) is 13.3. The average Bonchev–Trinajstić information content (AvgIpc) is 3.51. The number of morpholine rings is 1. The van der Waals surface area contributed by atoms with Gasteiger partial charge >= 0.3 is 0 Å². The average molecular weight is 477 g/mol. The first kappa shape index (κ1) is 23.0. The van der Waals surface area contributed by atoms with Crippen LogP contribution in [-0.4, -0.2) is 63.4 Å². The van der Waals surface area contributed by atoms with Crippen molar-refractivity contribution < 1.29 is 13.9 Å². The third-order valence-electron chi connectivity index (χ3n) is 6.15. The number of fused-ring (bicyclic) bond motifs is 1. The molecule has 10 nitrogen and oxygen atoms in total. The van der Waals surface area contributed by atoms with E-state index in [0.29, 0.717) is 43.0 Å². The minimum atomic E-state index is -0.270. The first-order valence-corrected chi connectivity index (χ1v) is 11.8. The molecule has 1 atom stereocenters. The van der Waals surface area contributed by atoms with Crippen molar-refractivity contribution in [3.63, 3.8) is 0 Å². The second-order valence-corrected chi connectivity index (χ2v) is 8.56. The van der Waals surface area contributed by atoms with Gasteiger partial charge in [0.2, 0.25) is 5.91 Å². The molecule has 35 heavy (non-hydrogen) atoms. The molecule has 5 rings (SSSR count). The molecule has 1 aliphatic rings. The number of nitrogens with zero attached hydrogens (tertiary/aromatic N) is 4. The molecule has 2 N–H and O–H groups in total. The van der Waals surface area contributed by atoms with Gasteiger partial charge in [0.15, 0.2) is 5.65 Å². The fourth-order valence-corrected chi connectivity index (χ4v) is 4.30. The van der Waals surface area contributed by atoms with E-state index in [1.165, 1.54) is 6.20 Å². The Hall–Kier alpha value is -3.76. The molecule has 0 bridgehead atoms. The standard InChI is InChI=1S/C25H28N6O4/c1-17-7-8-21(35-17)20(30-11-13-34-14-12-30)16-26-23(32)10-9-22-28-24-19(25(33)29-22)15-27-31(24)18-5-3-2-4-6-18/h2-8,15,20H,9-14,16H2,1H3,(H,26,32)(H,28,29,33). The van der Waals surface area contributed by atoms with Gasteiger partial charge in [0.05, 0.1) is 31.1 Å². The van der Waals surface area contributed by atoms with E-state index in [1.54, 1.807) is 4.68 Å². The summed E-state index contributed by atoms with van der Waals surface area (Å²) in [6.45, 7) is 5.21. The fourth-order valence-electron chi connectivity index (χ4n) is 4.30. The van der Waals surface area contributed by atoms with E-state index in [9.17, 15) is 9.59 Å². The molecule has 1 saturated heterocycles. The Bertz CT molecular complexity index is 1350. The normalized spacial score (nSPS) is 15.3. The smallest absolute Gasteiger partial charge is 0.262 e. The molecule has 1 unspecified atom stereocenters. The van der Waals surface area contributed by atoms with Crippen LogP contribution in [-0.2, 0) is 16.0 Å². The van der Waals surface area contributed by atoms with Crippen molar-refractivity contribution in [3.8, 4) is 5.69 Å². The third-order valence-corrected chi connectivity index (χ3v) is 6.15. The molecular weight excluding hydrogens is 448 g/mol. The maximum atomic E-state index is 12.7. The van der Waals surface area contributed by atoms with Crippen LogP contribution in [0, 0.1) is 6.92 Å². The number of carbonyl (C=O) groups excluding carboxylic acids is 1. The maximum Gasteiger partial charge on any atom is 0.262 e. The number of para-hydroxylation sites is 1. The summed E-state index contributed by atoms with van der Waals surface area (Å²) in [4.78, 5) is 34.9. The summed E-state index contributed by atoms with van der Waals surface area (Å²) < 4.78 is 13.0. The van der Waals surface area contributed by atoms with Crippen LogP contribution < -0.4 is 10.9 Å². The van der Waals surface area contributed by atoms with Crippen LogP contribution in [0.2, 0.25) is 0 Å². The Morgan fingerprint density at radius 3 is 2.71 bits per heavy atom. The Morgan fingerprint density at radius 1 is 1.17 bits per heavy atom. The van der Waals surface area contributed by atoms with Crippen LogP contribution in [0.3, 0.4) is 0 Å². The van der Waals surface area contributed by atoms with Gasteiger partial charge in [0, 0.05) is 32.5 Å². The number of hydrogen-bond donors (Lipinski definition) is 2. The second kappa shape index (κ2) is 10.2. The third kappa shape index (κ3) is 5.18. The number of hydrogen-bond acceptors (Lipinski definition) is 7. The van der Waals surface area contributed by atoms with Crippen molar-refractivity contribution in [2.45, 2.75) is 25.8 Å². The van der Waals surface area contributed by atoms with E-state index in [-0.39, 0.29) is 23.9 Å². The molecular formula is C25H28N6O4. The number of nitrogens with one attached hydrogen (secondary N) is 2. The molecule has 0 aliphatic carbocycles. The zero-order valence-corrected chi connectivity index (χ0v) is 19.6. The Morgan fingerprint density at radius 2 is 1.97 bits per heavy atom. The molecule has 4 heterocycles. The molecule has 1 aliphatic heterocycles. The Labute approximate surface area is 201 Å². The van der Waals surface area contributed by atoms with E-state index in [1.807, 2.05) is 49.4 Å². The van der Waals surface area contributed by atoms with Crippen LogP contribution in [0.5, 0.6) is 0 Å². The number of benzene rings is 1. The quantitative estimate of drug-likeness (QED) is 0.400. The van der Waals surface area contributed by atoms with E-state index in [4.69, 9.17) is 9.15 Å². The molecule has 10 heteroatoms. The van der Waals surface area contributed by atoms with Gasteiger partial charge in [-0.05, 0) is 31.2 Å². The first-order valence-electron chi connectivity index (χ1n) is 11.8. The summed E-state index contributed by atoms with van der Waals surface area (Å²) in [5.74, 6) is 1.99. The van der Waals surface area contributed by atoms with Crippen LogP contribution in [0.25, 0.3) is 16.7 Å². The monoisotopic (exact) mass is 476 g/mol. The predicted octanol–water partition coefficient (Wildman–Crippen LogP) is 2.13. The van der Waals surface area contributed by atoms with Crippen molar-refractivity contribution in [1.82, 2.24) is 30.0 Å². The highest BCUT2D eigenvalue weighted by Gasteiger charge is 2.25. The molecule has 0 spiro atoms. The number of aromatic nitrogens is 4. The second-order valence-electron chi connectivity index (χ2n) is 8.56. The largest absolute Gasteiger partial charge is 0.465 e. The van der Waals surface area contributed by atoms with Gasteiger partial charge in [-0.15, -0.1) is 0 Å². The molecule has 3 aromatic heterocycles. The van der Waals surface area contributed by atoms with Crippen molar-refractivity contribution in [1.29, 1.82) is 0 Å². The van der Waals surface area contributed by atoms with Gasteiger partial charge in [-0.25, -0.2) is 9.67 Å². The Kier molecular flexibility index (Phi) is 6.73. The van der Waals surface area contributed by atoms with Gasteiger partial charge in [0.25, 0.3) is 5.56 Å². The summed E-state index contributed by atoms with van der Waals surface area (Å²) in [6.07, 6.45) is 2.01.